The number of aryl methyl sites for hydroxylation is 1. The van der Waals surface area contributed by atoms with Crippen LogP contribution in [0.25, 0.3) is 5.69 Å². The number of anilines is 1. The standard InChI is InChI=1S/C18H20N6O/c1-3-19-18-22-11-15(12-23-18)17(25)21-10-14-6-4-5-7-16(14)24-9-8-20-13(24)2/h4-9,11-12H,3,10H2,1-2H3,(H,21,25)(H,19,22,23). The Morgan fingerprint density at radius 3 is 2.60 bits per heavy atom. The molecule has 128 valence electrons. The molecular formula is C18H20N6O. The van der Waals surface area contributed by atoms with Crippen molar-refractivity contribution in [3.05, 3.63) is 66.0 Å². The normalized spacial score (nSPS) is 10.5. The fourth-order valence-corrected chi connectivity index (χ4v) is 2.50. The molecule has 0 spiro atoms. The predicted molar refractivity (Wildman–Crippen MR) is 95.7 cm³/mol. The van der Waals surface area contributed by atoms with Gasteiger partial charge in [0.25, 0.3) is 5.91 Å². The molecule has 7 nitrogen and oxygen atoms in total. The summed E-state index contributed by atoms with van der Waals surface area (Å²) in [7, 11) is 0. The number of benzene rings is 1. The van der Waals surface area contributed by atoms with Crippen LogP contribution in [0.1, 0.15) is 28.7 Å². The third kappa shape index (κ3) is 3.82. The summed E-state index contributed by atoms with van der Waals surface area (Å²) in [4.78, 5) is 24.8. The van der Waals surface area contributed by atoms with Gasteiger partial charge in [-0.15, -0.1) is 0 Å². The molecule has 3 aromatic rings. The lowest BCUT2D eigenvalue weighted by molar-refractivity contribution is 0.0950. The molecule has 0 atom stereocenters. The summed E-state index contributed by atoms with van der Waals surface area (Å²) in [5, 5.41) is 5.91. The van der Waals surface area contributed by atoms with Crippen LogP contribution < -0.4 is 10.6 Å². The smallest absolute Gasteiger partial charge is 0.254 e. The minimum atomic E-state index is -0.208. The van der Waals surface area contributed by atoms with Crippen LogP contribution in [0.2, 0.25) is 0 Å². The zero-order valence-corrected chi connectivity index (χ0v) is 14.2. The van der Waals surface area contributed by atoms with E-state index in [0.29, 0.717) is 18.1 Å². The van der Waals surface area contributed by atoms with Gasteiger partial charge >= 0.3 is 0 Å². The Balaban J connectivity index is 1.71. The first-order valence-corrected chi connectivity index (χ1v) is 8.11. The molecular weight excluding hydrogens is 316 g/mol. The van der Waals surface area contributed by atoms with E-state index in [1.807, 2.05) is 48.9 Å². The van der Waals surface area contributed by atoms with Crippen LogP contribution in [-0.2, 0) is 6.54 Å². The zero-order chi connectivity index (χ0) is 17.6. The Hall–Kier alpha value is -3.22. The molecule has 2 N–H and O–H groups in total. The Bertz CT molecular complexity index is 856. The SMILES string of the molecule is CCNc1ncc(C(=O)NCc2ccccc2-n2ccnc2C)cn1. The van der Waals surface area contributed by atoms with Gasteiger partial charge in [-0.1, -0.05) is 18.2 Å². The van der Waals surface area contributed by atoms with E-state index in [1.165, 1.54) is 12.4 Å². The molecule has 2 heterocycles. The van der Waals surface area contributed by atoms with Crippen LogP contribution in [0, 0.1) is 6.92 Å². The number of carbonyl (C=O) groups excluding carboxylic acids is 1. The molecule has 1 aromatic carbocycles. The van der Waals surface area contributed by atoms with E-state index in [-0.39, 0.29) is 5.91 Å². The fraction of sp³-hybridized carbons (Fsp3) is 0.222. The topological polar surface area (TPSA) is 84.7 Å². The summed E-state index contributed by atoms with van der Waals surface area (Å²) in [5.74, 6) is 1.20. The summed E-state index contributed by atoms with van der Waals surface area (Å²) < 4.78 is 2.00. The molecule has 7 heteroatoms. The van der Waals surface area contributed by atoms with Crippen molar-refractivity contribution in [2.75, 3.05) is 11.9 Å². The van der Waals surface area contributed by atoms with Crippen molar-refractivity contribution in [2.24, 2.45) is 0 Å². The van der Waals surface area contributed by atoms with Crippen LogP contribution in [-0.4, -0.2) is 32.0 Å². The Morgan fingerprint density at radius 1 is 1.16 bits per heavy atom. The number of hydrogen-bond acceptors (Lipinski definition) is 5. The molecule has 2 aromatic heterocycles. The van der Waals surface area contributed by atoms with Gasteiger partial charge in [0.15, 0.2) is 0 Å². The number of hydrogen-bond donors (Lipinski definition) is 2. The van der Waals surface area contributed by atoms with Crippen molar-refractivity contribution >= 4 is 11.9 Å². The second kappa shape index (κ2) is 7.57. The Labute approximate surface area is 146 Å². The summed E-state index contributed by atoms with van der Waals surface area (Å²) >= 11 is 0. The van der Waals surface area contributed by atoms with Gasteiger partial charge in [-0.2, -0.15) is 0 Å². The van der Waals surface area contributed by atoms with Crippen molar-refractivity contribution in [3.63, 3.8) is 0 Å². The lowest BCUT2D eigenvalue weighted by atomic mass is 10.1. The van der Waals surface area contributed by atoms with E-state index >= 15 is 0 Å². The van der Waals surface area contributed by atoms with Gasteiger partial charge < -0.3 is 15.2 Å². The largest absolute Gasteiger partial charge is 0.355 e. The molecule has 1 amide bonds. The summed E-state index contributed by atoms with van der Waals surface area (Å²) in [6.45, 7) is 5.04. The number of amides is 1. The number of carbonyl (C=O) groups is 1. The Kier molecular flexibility index (Phi) is 5.03. The molecule has 0 saturated carbocycles. The highest BCUT2D eigenvalue weighted by atomic mass is 16.1. The number of imidazole rings is 1. The maximum absolute atomic E-state index is 12.3. The minimum absolute atomic E-state index is 0.208. The highest BCUT2D eigenvalue weighted by Crippen LogP contribution is 2.16. The molecule has 0 unspecified atom stereocenters. The third-order valence-electron chi connectivity index (χ3n) is 3.77. The molecule has 0 saturated heterocycles. The van der Waals surface area contributed by atoms with Gasteiger partial charge in [-0.25, -0.2) is 15.0 Å². The number of nitrogens with one attached hydrogen (secondary N) is 2. The molecule has 0 aliphatic heterocycles. The predicted octanol–water partition coefficient (Wildman–Crippen LogP) is 2.33. The molecule has 0 aliphatic carbocycles. The van der Waals surface area contributed by atoms with Gasteiger partial charge in [0, 0.05) is 37.9 Å². The van der Waals surface area contributed by atoms with Crippen molar-refractivity contribution in [2.45, 2.75) is 20.4 Å². The first-order valence-electron chi connectivity index (χ1n) is 8.11. The number of para-hydroxylation sites is 1. The van der Waals surface area contributed by atoms with E-state index < -0.39 is 0 Å². The van der Waals surface area contributed by atoms with E-state index in [9.17, 15) is 4.79 Å². The third-order valence-corrected chi connectivity index (χ3v) is 3.77. The quantitative estimate of drug-likeness (QED) is 0.722. The lowest BCUT2D eigenvalue weighted by Gasteiger charge is -2.12. The van der Waals surface area contributed by atoms with Crippen LogP contribution >= 0.6 is 0 Å². The Morgan fingerprint density at radius 2 is 1.92 bits per heavy atom. The average Bonchev–Trinajstić information content (AvgIpc) is 3.06. The number of aromatic nitrogens is 4. The monoisotopic (exact) mass is 336 g/mol. The fourth-order valence-electron chi connectivity index (χ4n) is 2.50. The highest BCUT2D eigenvalue weighted by molar-refractivity contribution is 5.93. The first-order chi connectivity index (χ1) is 12.2. The molecule has 0 aliphatic rings. The summed E-state index contributed by atoms with van der Waals surface area (Å²) in [6, 6.07) is 7.91. The van der Waals surface area contributed by atoms with Crippen LogP contribution in [0.4, 0.5) is 5.95 Å². The van der Waals surface area contributed by atoms with E-state index in [2.05, 4.69) is 25.6 Å². The van der Waals surface area contributed by atoms with E-state index in [0.717, 1.165) is 23.6 Å². The average molecular weight is 336 g/mol. The van der Waals surface area contributed by atoms with Gasteiger partial charge in [-0.05, 0) is 25.5 Å². The van der Waals surface area contributed by atoms with Crippen LogP contribution in [0.3, 0.4) is 0 Å². The van der Waals surface area contributed by atoms with Crippen molar-refractivity contribution < 1.29 is 4.79 Å². The molecule has 0 radical (unpaired) electrons. The summed E-state index contributed by atoms with van der Waals surface area (Å²) in [5.41, 5.74) is 2.43. The zero-order valence-electron chi connectivity index (χ0n) is 14.2. The van der Waals surface area contributed by atoms with Crippen LogP contribution in [0.5, 0.6) is 0 Å². The van der Waals surface area contributed by atoms with E-state index in [4.69, 9.17) is 0 Å². The molecule has 0 fully saturated rings. The number of nitrogens with zero attached hydrogens (tertiary/aromatic N) is 4. The lowest BCUT2D eigenvalue weighted by Crippen LogP contribution is -2.24. The molecule has 25 heavy (non-hydrogen) atoms. The van der Waals surface area contributed by atoms with Crippen molar-refractivity contribution in [1.82, 2.24) is 24.8 Å². The maximum atomic E-state index is 12.3. The highest BCUT2D eigenvalue weighted by Gasteiger charge is 2.10. The van der Waals surface area contributed by atoms with Crippen molar-refractivity contribution in [1.29, 1.82) is 0 Å². The molecule has 3 rings (SSSR count). The summed E-state index contributed by atoms with van der Waals surface area (Å²) in [6.07, 6.45) is 6.70. The van der Waals surface area contributed by atoms with E-state index in [1.54, 1.807) is 6.20 Å². The van der Waals surface area contributed by atoms with Gasteiger partial charge in [-0.3, -0.25) is 4.79 Å². The van der Waals surface area contributed by atoms with Crippen molar-refractivity contribution in [3.8, 4) is 5.69 Å². The van der Waals surface area contributed by atoms with Gasteiger partial charge in [0.05, 0.1) is 11.3 Å². The number of rotatable bonds is 6. The second-order valence-corrected chi connectivity index (χ2v) is 5.48. The molecule has 0 bridgehead atoms. The first kappa shape index (κ1) is 16.6. The van der Waals surface area contributed by atoms with Gasteiger partial charge in [0.1, 0.15) is 5.82 Å². The second-order valence-electron chi connectivity index (χ2n) is 5.48. The minimum Gasteiger partial charge on any atom is -0.355 e. The maximum Gasteiger partial charge on any atom is 0.254 e. The van der Waals surface area contributed by atoms with Gasteiger partial charge in [0.2, 0.25) is 5.95 Å². The van der Waals surface area contributed by atoms with Crippen LogP contribution in [0.15, 0.2) is 49.1 Å².